The normalized spacial score (nSPS) is 14.1. The van der Waals surface area contributed by atoms with E-state index in [9.17, 15) is 27.6 Å². The van der Waals surface area contributed by atoms with Crippen LogP contribution in [0.2, 0.25) is 0 Å². The monoisotopic (exact) mass is 388 g/mol. The summed E-state index contributed by atoms with van der Waals surface area (Å²) in [5, 5.41) is 4.12. The highest BCUT2D eigenvalue weighted by Crippen LogP contribution is 2.19. The average molecular weight is 388 g/mol. The predicted molar refractivity (Wildman–Crippen MR) is 83.5 cm³/mol. The van der Waals surface area contributed by atoms with Crippen molar-refractivity contribution in [3.05, 3.63) is 41.6 Å². The first kappa shape index (κ1) is 20.1. The molecule has 1 heterocycles. The molecule has 1 atom stereocenters. The van der Waals surface area contributed by atoms with E-state index in [1.807, 2.05) is 5.32 Å². The van der Waals surface area contributed by atoms with Gasteiger partial charge in [-0.25, -0.2) is 18.0 Å². The molecule has 0 saturated heterocycles. The minimum atomic E-state index is -1.74. The predicted octanol–water partition coefficient (Wildman–Crippen LogP) is 0.978. The first-order valence-corrected chi connectivity index (χ1v) is 7.66. The summed E-state index contributed by atoms with van der Waals surface area (Å²) in [6.07, 6.45) is -0.211. The quantitative estimate of drug-likeness (QED) is 0.556. The Labute approximate surface area is 151 Å². The van der Waals surface area contributed by atoms with Crippen molar-refractivity contribution in [2.24, 2.45) is 0 Å². The third-order valence-corrected chi connectivity index (χ3v) is 3.24. The zero-order chi connectivity index (χ0) is 20.0. The molecular formula is C16H15F3N2O6. The number of halogens is 3. The van der Waals surface area contributed by atoms with E-state index >= 15 is 0 Å². The van der Waals surface area contributed by atoms with Crippen molar-refractivity contribution in [3.8, 4) is 0 Å². The maximum atomic E-state index is 13.5. The first-order valence-electron chi connectivity index (χ1n) is 7.66. The highest BCUT2D eigenvalue weighted by Gasteiger charge is 2.23. The van der Waals surface area contributed by atoms with Crippen LogP contribution in [0.5, 0.6) is 0 Å². The van der Waals surface area contributed by atoms with E-state index in [2.05, 4.69) is 5.32 Å². The van der Waals surface area contributed by atoms with E-state index in [-0.39, 0.29) is 19.0 Å². The fourth-order valence-corrected chi connectivity index (χ4v) is 1.88. The Bertz CT molecular complexity index is 784. The summed E-state index contributed by atoms with van der Waals surface area (Å²) in [4.78, 5) is 35.3. The number of carbonyl (C=O) groups excluding carboxylic acids is 3. The number of esters is 1. The van der Waals surface area contributed by atoms with E-state index < -0.39 is 53.6 Å². The summed E-state index contributed by atoms with van der Waals surface area (Å²) in [6.45, 7) is 1.06. The lowest BCUT2D eigenvalue weighted by molar-refractivity contribution is -0.155. The molecule has 1 aliphatic rings. The van der Waals surface area contributed by atoms with Gasteiger partial charge in [-0.15, -0.1) is 0 Å². The van der Waals surface area contributed by atoms with Crippen molar-refractivity contribution in [2.45, 2.75) is 13.0 Å². The molecule has 146 valence electrons. The molecule has 0 aliphatic carbocycles. The van der Waals surface area contributed by atoms with Crippen molar-refractivity contribution in [2.75, 3.05) is 25.1 Å². The minimum Gasteiger partial charge on any atom is -0.493 e. The molecule has 0 fully saturated rings. The van der Waals surface area contributed by atoms with Gasteiger partial charge in [0.25, 0.3) is 5.91 Å². The lowest BCUT2D eigenvalue weighted by Crippen LogP contribution is -2.40. The molecule has 11 heteroatoms. The van der Waals surface area contributed by atoms with Crippen LogP contribution in [0.3, 0.4) is 0 Å². The lowest BCUT2D eigenvalue weighted by atomic mass is 10.2. The van der Waals surface area contributed by atoms with E-state index in [0.29, 0.717) is 6.07 Å². The summed E-state index contributed by atoms with van der Waals surface area (Å²) in [6, 6.07) is 1.47. The molecule has 1 aliphatic heterocycles. The number of amides is 2. The van der Waals surface area contributed by atoms with Crippen LogP contribution >= 0.6 is 0 Å². The topological polar surface area (TPSA) is 103 Å². The molecule has 0 saturated carbocycles. The fourth-order valence-electron chi connectivity index (χ4n) is 1.88. The second-order valence-electron chi connectivity index (χ2n) is 5.24. The molecule has 2 amide bonds. The number of ether oxygens (including phenoxy) is 3. The minimum absolute atomic E-state index is 0.155. The highest BCUT2D eigenvalue weighted by molar-refractivity contribution is 5.96. The molecular weight excluding hydrogens is 373 g/mol. The number of benzene rings is 1. The van der Waals surface area contributed by atoms with Gasteiger partial charge in [0.15, 0.2) is 23.6 Å². The fraction of sp³-hybridized carbons (Fsp3) is 0.312. The molecule has 0 aromatic heterocycles. The van der Waals surface area contributed by atoms with Crippen LogP contribution in [-0.2, 0) is 28.6 Å². The van der Waals surface area contributed by atoms with Crippen LogP contribution < -0.4 is 10.6 Å². The summed E-state index contributed by atoms with van der Waals surface area (Å²) < 4.78 is 54.1. The number of hydrogen-bond acceptors (Lipinski definition) is 6. The summed E-state index contributed by atoms with van der Waals surface area (Å²) >= 11 is 0. The van der Waals surface area contributed by atoms with Crippen LogP contribution in [0.25, 0.3) is 0 Å². The molecule has 1 aromatic rings. The number of anilines is 1. The summed E-state index contributed by atoms with van der Waals surface area (Å²) in [7, 11) is 0. The second-order valence-corrected chi connectivity index (χ2v) is 5.24. The van der Waals surface area contributed by atoms with Crippen molar-refractivity contribution in [3.63, 3.8) is 0 Å². The smallest absolute Gasteiger partial charge is 0.377 e. The number of hydrogen-bond donors (Lipinski definition) is 2. The van der Waals surface area contributed by atoms with E-state index in [4.69, 9.17) is 14.2 Å². The Morgan fingerprint density at radius 2 is 1.93 bits per heavy atom. The van der Waals surface area contributed by atoms with Crippen LogP contribution in [0, 0.1) is 17.5 Å². The standard InChI is InChI=1S/C16H15F3N2O6/c1-8(27-16(24)11-7-25-4-5-26-11)15(23)20-6-12(22)21-10-3-2-9(17)13(18)14(10)19/h2-3,7-8H,4-6H2,1H3,(H,20,23)(H,21,22)/t8-/m0/s1. The molecule has 27 heavy (non-hydrogen) atoms. The third kappa shape index (κ3) is 5.36. The Morgan fingerprint density at radius 1 is 1.19 bits per heavy atom. The van der Waals surface area contributed by atoms with Gasteiger partial charge in [0.1, 0.15) is 19.5 Å². The Morgan fingerprint density at radius 3 is 2.59 bits per heavy atom. The Balaban J connectivity index is 1.82. The largest absolute Gasteiger partial charge is 0.493 e. The molecule has 8 nitrogen and oxygen atoms in total. The van der Waals surface area contributed by atoms with Crippen molar-refractivity contribution in [1.29, 1.82) is 0 Å². The molecule has 0 bridgehead atoms. The average Bonchev–Trinajstić information content (AvgIpc) is 2.67. The molecule has 0 radical (unpaired) electrons. The van der Waals surface area contributed by atoms with Crippen LogP contribution in [0.15, 0.2) is 24.2 Å². The second kappa shape index (κ2) is 8.92. The van der Waals surface area contributed by atoms with Gasteiger partial charge in [-0.2, -0.15) is 0 Å². The zero-order valence-corrected chi connectivity index (χ0v) is 14.0. The maximum Gasteiger partial charge on any atom is 0.377 e. The van der Waals surface area contributed by atoms with Crippen molar-refractivity contribution in [1.82, 2.24) is 5.32 Å². The van der Waals surface area contributed by atoms with Gasteiger partial charge >= 0.3 is 5.97 Å². The highest BCUT2D eigenvalue weighted by atomic mass is 19.2. The van der Waals surface area contributed by atoms with Crippen LogP contribution in [-0.4, -0.2) is 43.6 Å². The summed E-state index contributed by atoms with van der Waals surface area (Å²) in [5.41, 5.74) is -0.589. The Hall–Kier alpha value is -3.24. The van der Waals surface area contributed by atoms with Gasteiger partial charge in [0.2, 0.25) is 11.7 Å². The summed E-state index contributed by atoms with van der Waals surface area (Å²) in [5.74, 6) is -7.56. The zero-order valence-electron chi connectivity index (χ0n) is 14.0. The van der Waals surface area contributed by atoms with Gasteiger partial charge in [-0.1, -0.05) is 0 Å². The maximum absolute atomic E-state index is 13.5. The van der Waals surface area contributed by atoms with Crippen LogP contribution in [0.4, 0.5) is 18.9 Å². The SMILES string of the molecule is C[C@H](OC(=O)C1=COCCO1)C(=O)NCC(=O)Nc1ccc(F)c(F)c1F. The third-order valence-electron chi connectivity index (χ3n) is 3.24. The van der Waals surface area contributed by atoms with E-state index in [1.165, 1.54) is 6.92 Å². The van der Waals surface area contributed by atoms with E-state index in [1.54, 1.807) is 0 Å². The van der Waals surface area contributed by atoms with Gasteiger partial charge in [0.05, 0.1) is 12.2 Å². The lowest BCUT2D eigenvalue weighted by Gasteiger charge is -2.17. The molecule has 2 N–H and O–H groups in total. The van der Waals surface area contributed by atoms with Gasteiger partial charge < -0.3 is 24.8 Å². The molecule has 0 unspecified atom stereocenters. The number of carbonyl (C=O) groups is 3. The van der Waals surface area contributed by atoms with Crippen LogP contribution in [0.1, 0.15) is 6.92 Å². The van der Waals surface area contributed by atoms with Gasteiger partial charge in [-0.05, 0) is 19.1 Å². The van der Waals surface area contributed by atoms with Crippen molar-refractivity contribution < 1.29 is 41.8 Å². The molecule has 2 rings (SSSR count). The van der Waals surface area contributed by atoms with E-state index in [0.717, 1.165) is 12.3 Å². The number of rotatable bonds is 6. The molecule has 0 spiro atoms. The van der Waals surface area contributed by atoms with Gasteiger partial charge in [-0.3, -0.25) is 9.59 Å². The van der Waals surface area contributed by atoms with Gasteiger partial charge in [0, 0.05) is 0 Å². The number of nitrogens with one attached hydrogen (secondary N) is 2. The Kier molecular flexibility index (Phi) is 6.63. The van der Waals surface area contributed by atoms with Crippen molar-refractivity contribution >= 4 is 23.5 Å². The first-order chi connectivity index (χ1) is 12.8. The molecule has 1 aromatic carbocycles.